The fourth-order valence-corrected chi connectivity index (χ4v) is 4.79. The van der Waals surface area contributed by atoms with Crippen molar-refractivity contribution < 1.29 is 9.15 Å². The number of rotatable bonds is 9. The molecule has 5 rings (SSSR count). The molecule has 0 amide bonds. The van der Waals surface area contributed by atoms with Crippen molar-refractivity contribution in [2.24, 2.45) is 0 Å². The lowest BCUT2D eigenvalue weighted by atomic mass is 10.0. The standard InChI is InChI=1S/C29H31ClN6O3/c1-5-38-22-12-13-25-20(15-22)16-24(28(37)31-25)26(27-32-33-34-36(27)29(2,3)4)35(18-23-7-6-14-39-23)17-19-8-10-21(30)11-9-19/h6-16,26H,5,17-18H2,1-4H3,(H,31,37)/t26-/m0/s1. The number of benzene rings is 2. The molecule has 0 aliphatic carbocycles. The zero-order valence-electron chi connectivity index (χ0n) is 22.4. The summed E-state index contributed by atoms with van der Waals surface area (Å²) in [6, 6.07) is 18.3. The monoisotopic (exact) mass is 546 g/mol. The van der Waals surface area contributed by atoms with E-state index in [1.807, 2.05) is 88.4 Å². The zero-order chi connectivity index (χ0) is 27.6. The lowest BCUT2D eigenvalue weighted by Gasteiger charge is -2.32. The van der Waals surface area contributed by atoms with Crippen LogP contribution in [0, 0.1) is 0 Å². The van der Waals surface area contributed by atoms with Gasteiger partial charge in [0.2, 0.25) is 0 Å². The van der Waals surface area contributed by atoms with Crippen LogP contribution in [0.2, 0.25) is 5.02 Å². The fourth-order valence-electron chi connectivity index (χ4n) is 4.67. The molecule has 0 unspecified atom stereocenters. The van der Waals surface area contributed by atoms with E-state index in [2.05, 4.69) is 25.4 Å². The van der Waals surface area contributed by atoms with Gasteiger partial charge >= 0.3 is 0 Å². The van der Waals surface area contributed by atoms with E-state index in [1.54, 1.807) is 10.9 Å². The Morgan fingerprint density at radius 1 is 1.10 bits per heavy atom. The summed E-state index contributed by atoms with van der Waals surface area (Å²) in [6.07, 6.45) is 1.64. The summed E-state index contributed by atoms with van der Waals surface area (Å²) in [4.78, 5) is 18.9. The third kappa shape index (κ3) is 5.89. The number of nitrogens with one attached hydrogen (secondary N) is 1. The molecule has 0 saturated carbocycles. The van der Waals surface area contributed by atoms with E-state index >= 15 is 0 Å². The van der Waals surface area contributed by atoms with E-state index in [1.165, 1.54) is 0 Å². The number of aromatic nitrogens is 5. The molecule has 0 aliphatic heterocycles. The second-order valence-electron chi connectivity index (χ2n) is 10.4. The molecule has 0 fully saturated rings. The van der Waals surface area contributed by atoms with Crippen molar-refractivity contribution in [1.82, 2.24) is 30.1 Å². The molecule has 5 aromatic rings. The molecule has 202 valence electrons. The van der Waals surface area contributed by atoms with Crippen LogP contribution < -0.4 is 10.3 Å². The van der Waals surface area contributed by atoms with Gasteiger partial charge in [-0.15, -0.1) is 5.10 Å². The number of furan rings is 1. The zero-order valence-corrected chi connectivity index (χ0v) is 23.1. The molecular weight excluding hydrogens is 516 g/mol. The first kappa shape index (κ1) is 26.6. The molecule has 0 spiro atoms. The molecule has 1 N–H and O–H groups in total. The lowest BCUT2D eigenvalue weighted by molar-refractivity contribution is 0.171. The van der Waals surface area contributed by atoms with Crippen molar-refractivity contribution in [2.75, 3.05) is 6.61 Å². The van der Waals surface area contributed by atoms with Crippen LogP contribution in [0.5, 0.6) is 5.75 Å². The van der Waals surface area contributed by atoms with Gasteiger partial charge in [0.1, 0.15) is 17.6 Å². The summed E-state index contributed by atoms with van der Waals surface area (Å²) in [5.41, 5.74) is 1.59. The van der Waals surface area contributed by atoms with Gasteiger partial charge in [-0.1, -0.05) is 23.7 Å². The highest BCUT2D eigenvalue weighted by Gasteiger charge is 2.34. The first-order chi connectivity index (χ1) is 18.7. The van der Waals surface area contributed by atoms with E-state index < -0.39 is 11.6 Å². The highest BCUT2D eigenvalue weighted by molar-refractivity contribution is 6.30. The van der Waals surface area contributed by atoms with Crippen LogP contribution in [0.25, 0.3) is 10.9 Å². The average molecular weight is 547 g/mol. The maximum Gasteiger partial charge on any atom is 0.253 e. The highest BCUT2D eigenvalue weighted by atomic mass is 35.5. The number of hydrogen-bond donors (Lipinski definition) is 1. The minimum atomic E-state index is -0.607. The number of nitrogens with zero attached hydrogens (tertiary/aromatic N) is 5. The van der Waals surface area contributed by atoms with Crippen molar-refractivity contribution in [3.05, 3.63) is 105 Å². The molecule has 0 bridgehead atoms. The SMILES string of the molecule is CCOc1ccc2[nH]c(=O)c([C@@H](c3nnnn3C(C)(C)C)N(Cc3ccc(Cl)cc3)Cc3ccco3)cc2c1. The normalized spacial score (nSPS) is 12.8. The molecule has 3 aromatic heterocycles. The van der Waals surface area contributed by atoms with Crippen LogP contribution in [0.4, 0.5) is 0 Å². The number of hydrogen-bond acceptors (Lipinski definition) is 7. The summed E-state index contributed by atoms with van der Waals surface area (Å²) in [7, 11) is 0. The van der Waals surface area contributed by atoms with Crippen LogP contribution in [-0.2, 0) is 18.6 Å². The van der Waals surface area contributed by atoms with Gasteiger partial charge in [0, 0.05) is 28.0 Å². The van der Waals surface area contributed by atoms with Crippen molar-refractivity contribution in [2.45, 2.75) is 52.4 Å². The number of pyridine rings is 1. The van der Waals surface area contributed by atoms with Crippen molar-refractivity contribution in [3.8, 4) is 5.75 Å². The van der Waals surface area contributed by atoms with Crippen LogP contribution in [-0.4, -0.2) is 36.7 Å². The second kappa shape index (κ2) is 11.0. The Hall–Kier alpha value is -3.95. The van der Waals surface area contributed by atoms with Gasteiger partial charge < -0.3 is 14.1 Å². The summed E-state index contributed by atoms with van der Waals surface area (Å²) in [5, 5.41) is 14.3. The Kier molecular flexibility index (Phi) is 7.54. The van der Waals surface area contributed by atoms with Crippen molar-refractivity contribution in [1.29, 1.82) is 0 Å². The lowest BCUT2D eigenvalue weighted by Crippen LogP contribution is -2.37. The van der Waals surface area contributed by atoms with Gasteiger partial charge in [0.25, 0.3) is 5.56 Å². The van der Waals surface area contributed by atoms with Crippen LogP contribution in [0.3, 0.4) is 0 Å². The first-order valence-corrected chi connectivity index (χ1v) is 13.2. The average Bonchev–Trinajstić information content (AvgIpc) is 3.59. The summed E-state index contributed by atoms with van der Waals surface area (Å²) in [6.45, 7) is 9.46. The molecule has 0 saturated heterocycles. The molecule has 10 heteroatoms. The second-order valence-corrected chi connectivity index (χ2v) is 10.8. The van der Waals surface area contributed by atoms with Gasteiger partial charge in [-0.25, -0.2) is 4.68 Å². The Morgan fingerprint density at radius 2 is 1.90 bits per heavy atom. The summed E-state index contributed by atoms with van der Waals surface area (Å²) in [5.74, 6) is 2.03. The maximum absolute atomic E-state index is 13.7. The number of halogens is 1. The summed E-state index contributed by atoms with van der Waals surface area (Å²) < 4.78 is 13.2. The fraction of sp³-hybridized carbons (Fsp3) is 0.310. The Labute approximate surface area is 231 Å². The van der Waals surface area contributed by atoms with Crippen LogP contribution in [0.1, 0.15) is 56.4 Å². The predicted molar refractivity (Wildman–Crippen MR) is 150 cm³/mol. The van der Waals surface area contributed by atoms with Crippen molar-refractivity contribution in [3.63, 3.8) is 0 Å². The van der Waals surface area contributed by atoms with E-state index in [-0.39, 0.29) is 5.56 Å². The summed E-state index contributed by atoms with van der Waals surface area (Å²) >= 11 is 6.17. The third-order valence-electron chi connectivity index (χ3n) is 6.43. The molecule has 2 aromatic carbocycles. The number of ether oxygens (including phenoxy) is 1. The molecule has 39 heavy (non-hydrogen) atoms. The largest absolute Gasteiger partial charge is 0.494 e. The van der Waals surface area contributed by atoms with E-state index in [0.717, 1.165) is 28.0 Å². The van der Waals surface area contributed by atoms with Gasteiger partial charge in [-0.3, -0.25) is 9.69 Å². The molecule has 3 heterocycles. The minimum absolute atomic E-state index is 0.222. The van der Waals surface area contributed by atoms with Gasteiger partial charge in [-0.05, 0) is 92.2 Å². The van der Waals surface area contributed by atoms with Crippen LogP contribution >= 0.6 is 11.6 Å². The molecule has 1 atom stereocenters. The molecule has 9 nitrogen and oxygen atoms in total. The van der Waals surface area contributed by atoms with E-state index in [9.17, 15) is 4.79 Å². The first-order valence-electron chi connectivity index (χ1n) is 12.8. The highest BCUT2D eigenvalue weighted by Crippen LogP contribution is 2.32. The van der Waals surface area contributed by atoms with Crippen LogP contribution in [0.15, 0.2) is 76.1 Å². The predicted octanol–water partition coefficient (Wildman–Crippen LogP) is 5.71. The van der Waals surface area contributed by atoms with Gasteiger partial charge in [-0.2, -0.15) is 0 Å². The molecule has 0 aliphatic rings. The van der Waals surface area contributed by atoms with Crippen molar-refractivity contribution >= 4 is 22.5 Å². The Bertz CT molecular complexity index is 1600. The quantitative estimate of drug-likeness (QED) is 0.253. The maximum atomic E-state index is 13.7. The number of fused-ring (bicyclic) bond motifs is 1. The number of tetrazole rings is 1. The third-order valence-corrected chi connectivity index (χ3v) is 6.68. The molecule has 0 radical (unpaired) electrons. The van der Waals surface area contributed by atoms with Gasteiger partial charge in [0.15, 0.2) is 5.82 Å². The van der Waals surface area contributed by atoms with E-state index in [4.69, 9.17) is 20.8 Å². The Morgan fingerprint density at radius 3 is 2.59 bits per heavy atom. The Balaban J connectivity index is 1.71. The van der Waals surface area contributed by atoms with Gasteiger partial charge in [0.05, 0.1) is 25.0 Å². The topological polar surface area (TPSA) is 102 Å². The number of aromatic amines is 1. The molecular formula is C29H31ClN6O3. The van der Waals surface area contributed by atoms with E-state index in [0.29, 0.717) is 36.1 Å². The minimum Gasteiger partial charge on any atom is -0.494 e. The number of H-pyrrole nitrogens is 1. The smallest absolute Gasteiger partial charge is 0.253 e.